The number of nitrogens with one attached hydrogen (secondary N) is 1. The van der Waals surface area contributed by atoms with Gasteiger partial charge in [-0.25, -0.2) is 0 Å². The van der Waals surface area contributed by atoms with Crippen molar-refractivity contribution in [3.8, 4) is 6.07 Å². The Balaban J connectivity index is 1.66. The molecule has 2 aliphatic heterocycles. The van der Waals surface area contributed by atoms with Crippen molar-refractivity contribution in [2.24, 2.45) is 0 Å². The molecule has 0 bridgehead atoms. The molecule has 20 heavy (non-hydrogen) atoms. The van der Waals surface area contributed by atoms with Gasteiger partial charge in [0.2, 0.25) is 0 Å². The van der Waals surface area contributed by atoms with Crippen molar-refractivity contribution in [2.45, 2.75) is 57.5 Å². The Morgan fingerprint density at radius 3 is 2.75 bits per heavy atom. The number of nitriles is 1. The van der Waals surface area contributed by atoms with Crippen molar-refractivity contribution < 1.29 is 0 Å². The topological polar surface area (TPSA) is 42.3 Å². The fourth-order valence-corrected chi connectivity index (χ4v) is 3.44. The van der Waals surface area contributed by atoms with Crippen molar-refractivity contribution in [1.82, 2.24) is 15.1 Å². The minimum Gasteiger partial charge on any atom is -0.302 e. The molecule has 0 radical (unpaired) electrons. The molecule has 2 atom stereocenters. The van der Waals surface area contributed by atoms with Gasteiger partial charge in [-0.05, 0) is 58.3 Å². The van der Waals surface area contributed by atoms with Crippen LogP contribution in [0.5, 0.6) is 0 Å². The lowest BCUT2D eigenvalue weighted by Crippen LogP contribution is -2.41. The molecule has 0 amide bonds. The zero-order valence-corrected chi connectivity index (χ0v) is 13.0. The second-order valence-corrected chi connectivity index (χ2v) is 6.26. The van der Waals surface area contributed by atoms with E-state index in [1.54, 1.807) is 0 Å². The summed E-state index contributed by atoms with van der Waals surface area (Å²) < 4.78 is 0. The minimum atomic E-state index is 0.0315. The van der Waals surface area contributed by atoms with Crippen molar-refractivity contribution in [3.63, 3.8) is 0 Å². The Hall–Kier alpha value is -0.630. The lowest BCUT2D eigenvalue weighted by atomic mass is 10.1. The van der Waals surface area contributed by atoms with E-state index in [1.807, 2.05) is 0 Å². The predicted octanol–water partition coefficient (Wildman–Crippen LogP) is 1.83. The van der Waals surface area contributed by atoms with E-state index >= 15 is 0 Å². The summed E-state index contributed by atoms with van der Waals surface area (Å²) in [4.78, 5) is 5.25. The predicted molar refractivity (Wildman–Crippen MR) is 82.6 cm³/mol. The van der Waals surface area contributed by atoms with Crippen LogP contribution in [0.3, 0.4) is 0 Å². The number of piperidine rings is 1. The number of hydrogen-bond donors (Lipinski definition) is 1. The van der Waals surface area contributed by atoms with Crippen LogP contribution < -0.4 is 5.32 Å². The number of hydrogen-bond acceptors (Lipinski definition) is 4. The molecule has 2 rings (SSSR count). The van der Waals surface area contributed by atoms with Crippen LogP contribution in [0.2, 0.25) is 0 Å². The largest absolute Gasteiger partial charge is 0.302 e. The van der Waals surface area contributed by atoms with Crippen LogP contribution in [0.15, 0.2) is 0 Å². The van der Waals surface area contributed by atoms with Crippen molar-refractivity contribution in [3.05, 3.63) is 0 Å². The third kappa shape index (κ3) is 4.73. The molecule has 0 aromatic rings. The molecule has 4 nitrogen and oxygen atoms in total. The van der Waals surface area contributed by atoms with Gasteiger partial charge in [-0.1, -0.05) is 13.3 Å². The lowest BCUT2D eigenvalue weighted by molar-refractivity contribution is 0.161. The summed E-state index contributed by atoms with van der Waals surface area (Å²) in [6.07, 6.45) is 7.56. The molecule has 2 heterocycles. The van der Waals surface area contributed by atoms with Gasteiger partial charge in [0.05, 0.1) is 12.1 Å². The van der Waals surface area contributed by atoms with Crippen LogP contribution in [0.25, 0.3) is 0 Å². The molecule has 2 fully saturated rings. The highest BCUT2D eigenvalue weighted by Crippen LogP contribution is 2.20. The molecule has 0 spiro atoms. The molecule has 1 N–H and O–H groups in total. The number of nitrogens with zero attached hydrogens (tertiary/aromatic N) is 3. The van der Waals surface area contributed by atoms with Gasteiger partial charge in [-0.15, -0.1) is 0 Å². The Bertz CT molecular complexity index is 306. The molecule has 0 saturated carbocycles. The summed E-state index contributed by atoms with van der Waals surface area (Å²) in [5, 5.41) is 12.5. The van der Waals surface area contributed by atoms with E-state index in [0.717, 1.165) is 32.0 Å². The van der Waals surface area contributed by atoms with E-state index < -0.39 is 0 Å². The van der Waals surface area contributed by atoms with Gasteiger partial charge in [0.1, 0.15) is 0 Å². The third-order valence-electron chi connectivity index (χ3n) is 4.69. The third-order valence-corrected chi connectivity index (χ3v) is 4.69. The molecule has 114 valence electrons. The van der Waals surface area contributed by atoms with Crippen LogP contribution in [0.4, 0.5) is 0 Å². The summed E-state index contributed by atoms with van der Waals surface area (Å²) >= 11 is 0. The first-order valence-corrected chi connectivity index (χ1v) is 8.43. The minimum absolute atomic E-state index is 0.0315. The number of likely N-dealkylation sites (tertiary alicyclic amines) is 2. The van der Waals surface area contributed by atoms with Crippen molar-refractivity contribution in [2.75, 3.05) is 39.3 Å². The summed E-state index contributed by atoms with van der Waals surface area (Å²) in [6.45, 7) is 9.20. The Morgan fingerprint density at radius 1 is 1.25 bits per heavy atom. The zero-order chi connectivity index (χ0) is 14.2. The van der Waals surface area contributed by atoms with Gasteiger partial charge in [0, 0.05) is 19.1 Å². The second kappa shape index (κ2) is 8.61. The smallest absolute Gasteiger partial charge is 0.0965 e. The fourth-order valence-electron chi connectivity index (χ4n) is 3.44. The maximum atomic E-state index is 9.14. The van der Waals surface area contributed by atoms with Crippen LogP contribution in [0, 0.1) is 11.3 Å². The van der Waals surface area contributed by atoms with Crippen LogP contribution >= 0.6 is 0 Å². The maximum absolute atomic E-state index is 9.14. The first-order chi connectivity index (χ1) is 9.83. The quantitative estimate of drug-likeness (QED) is 0.771. The Kier molecular flexibility index (Phi) is 6.78. The first kappa shape index (κ1) is 15.8. The summed E-state index contributed by atoms with van der Waals surface area (Å²) in [6, 6.07) is 3.20. The molecule has 0 aromatic heterocycles. The molecule has 2 unspecified atom stereocenters. The highest BCUT2D eigenvalue weighted by atomic mass is 15.3. The normalized spacial score (nSPS) is 26.5. The van der Waals surface area contributed by atoms with E-state index in [4.69, 9.17) is 5.26 Å². The number of rotatable bonds is 7. The Labute approximate surface area is 124 Å². The average Bonchev–Trinajstić information content (AvgIpc) is 2.97. The Morgan fingerprint density at radius 2 is 2.05 bits per heavy atom. The van der Waals surface area contributed by atoms with Crippen LogP contribution in [-0.2, 0) is 0 Å². The average molecular weight is 278 g/mol. The molecule has 2 saturated heterocycles. The van der Waals surface area contributed by atoms with Gasteiger partial charge in [0.25, 0.3) is 0 Å². The van der Waals surface area contributed by atoms with E-state index in [2.05, 4.69) is 28.1 Å². The molecular weight excluding hydrogens is 248 g/mol. The maximum Gasteiger partial charge on any atom is 0.0965 e. The van der Waals surface area contributed by atoms with Gasteiger partial charge in [0.15, 0.2) is 0 Å². The van der Waals surface area contributed by atoms with Gasteiger partial charge in [-0.2, -0.15) is 5.26 Å². The van der Waals surface area contributed by atoms with Crippen molar-refractivity contribution >= 4 is 0 Å². The van der Waals surface area contributed by atoms with E-state index in [0.29, 0.717) is 0 Å². The van der Waals surface area contributed by atoms with E-state index in [-0.39, 0.29) is 6.04 Å². The molecular formula is C16H30N4. The molecule has 4 heteroatoms. The van der Waals surface area contributed by atoms with Crippen molar-refractivity contribution in [1.29, 1.82) is 5.26 Å². The van der Waals surface area contributed by atoms with Crippen LogP contribution in [-0.4, -0.2) is 61.2 Å². The van der Waals surface area contributed by atoms with E-state index in [9.17, 15) is 0 Å². The zero-order valence-electron chi connectivity index (χ0n) is 13.0. The van der Waals surface area contributed by atoms with E-state index in [1.165, 1.54) is 51.9 Å². The highest BCUT2D eigenvalue weighted by molar-refractivity contribution is 4.91. The summed E-state index contributed by atoms with van der Waals surface area (Å²) in [5.41, 5.74) is 0. The summed E-state index contributed by atoms with van der Waals surface area (Å²) in [7, 11) is 0. The standard InChI is InChI=1S/C16H30N4/c1-2-8-18-15(13-17)6-11-19-12-7-16(14-19)20-9-4-3-5-10-20/h15-16,18H,2-12,14H2,1H3. The fraction of sp³-hybridized carbons (Fsp3) is 0.938. The molecule has 0 aliphatic carbocycles. The monoisotopic (exact) mass is 278 g/mol. The first-order valence-electron chi connectivity index (χ1n) is 8.43. The summed E-state index contributed by atoms with van der Waals surface area (Å²) in [5.74, 6) is 0. The van der Waals surface area contributed by atoms with Crippen LogP contribution in [0.1, 0.15) is 45.4 Å². The van der Waals surface area contributed by atoms with Gasteiger partial charge >= 0.3 is 0 Å². The molecule has 2 aliphatic rings. The lowest BCUT2D eigenvalue weighted by Gasteiger charge is -2.32. The van der Waals surface area contributed by atoms with Gasteiger partial charge < -0.3 is 10.2 Å². The highest BCUT2D eigenvalue weighted by Gasteiger charge is 2.28. The molecule has 0 aromatic carbocycles. The SMILES string of the molecule is CCCNC(C#N)CCN1CCC(N2CCCCC2)C1. The van der Waals surface area contributed by atoms with Gasteiger partial charge in [-0.3, -0.25) is 4.90 Å². The second-order valence-electron chi connectivity index (χ2n) is 6.26.